The molecule has 0 radical (unpaired) electrons. The Morgan fingerprint density at radius 3 is 2.47 bits per heavy atom. The van der Waals surface area contributed by atoms with E-state index in [2.05, 4.69) is 10.3 Å². The summed E-state index contributed by atoms with van der Waals surface area (Å²) in [7, 11) is 0. The van der Waals surface area contributed by atoms with Gasteiger partial charge >= 0.3 is 5.97 Å². The van der Waals surface area contributed by atoms with Crippen LogP contribution in [0.15, 0.2) is 59.0 Å². The lowest BCUT2D eigenvalue weighted by atomic mass is 10.1. The van der Waals surface area contributed by atoms with Crippen LogP contribution in [0.3, 0.4) is 0 Å². The van der Waals surface area contributed by atoms with Crippen LogP contribution in [0, 0.1) is 6.92 Å². The highest BCUT2D eigenvalue weighted by Gasteiger charge is 2.21. The third-order valence-corrected chi connectivity index (χ3v) is 4.82. The van der Waals surface area contributed by atoms with E-state index in [9.17, 15) is 9.59 Å². The van der Waals surface area contributed by atoms with Crippen LogP contribution in [0.5, 0.6) is 5.75 Å². The molecule has 2 aromatic carbocycles. The van der Waals surface area contributed by atoms with Gasteiger partial charge in [-0.3, -0.25) is 4.79 Å². The molecule has 3 aromatic rings. The first-order valence-corrected chi connectivity index (χ1v) is 10.6. The van der Waals surface area contributed by atoms with Crippen molar-refractivity contribution in [3.63, 3.8) is 0 Å². The van der Waals surface area contributed by atoms with Crippen molar-refractivity contribution in [2.24, 2.45) is 0 Å². The smallest absolute Gasteiger partial charge is 0.328 e. The number of aromatic nitrogens is 1. The third kappa shape index (κ3) is 6.44. The highest BCUT2D eigenvalue weighted by molar-refractivity contribution is 5.83. The number of benzene rings is 2. The quantitative estimate of drug-likeness (QED) is 0.485. The first-order valence-electron chi connectivity index (χ1n) is 10.6. The molecule has 32 heavy (non-hydrogen) atoms. The minimum absolute atomic E-state index is 0.263. The Bertz CT molecular complexity index is 1030. The Labute approximate surface area is 187 Å². The van der Waals surface area contributed by atoms with Crippen molar-refractivity contribution < 1.29 is 23.5 Å². The van der Waals surface area contributed by atoms with Gasteiger partial charge in [-0.05, 0) is 43.7 Å². The van der Waals surface area contributed by atoms with Gasteiger partial charge in [0.25, 0.3) is 0 Å². The highest BCUT2D eigenvalue weighted by atomic mass is 16.5. The molecular formula is C25H28N2O5. The Hall–Kier alpha value is -3.61. The van der Waals surface area contributed by atoms with Crippen LogP contribution in [0.2, 0.25) is 0 Å². The van der Waals surface area contributed by atoms with E-state index in [-0.39, 0.29) is 12.5 Å². The van der Waals surface area contributed by atoms with E-state index in [4.69, 9.17) is 13.9 Å². The van der Waals surface area contributed by atoms with E-state index in [1.165, 1.54) is 6.92 Å². The van der Waals surface area contributed by atoms with Gasteiger partial charge in [-0.15, -0.1) is 0 Å². The first-order chi connectivity index (χ1) is 15.5. The molecule has 7 heteroatoms. The van der Waals surface area contributed by atoms with Crippen molar-refractivity contribution in [3.8, 4) is 17.2 Å². The van der Waals surface area contributed by atoms with Gasteiger partial charge in [-0.2, -0.15) is 0 Å². The molecule has 0 aliphatic carbocycles. The molecule has 0 aliphatic rings. The van der Waals surface area contributed by atoms with Crippen LogP contribution in [-0.2, 0) is 27.2 Å². The Kier molecular flexibility index (Phi) is 8.02. The van der Waals surface area contributed by atoms with Gasteiger partial charge in [0.15, 0.2) is 0 Å². The van der Waals surface area contributed by atoms with E-state index in [1.807, 2.05) is 61.5 Å². The summed E-state index contributed by atoms with van der Waals surface area (Å²) in [5, 5.41) is 2.64. The number of ether oxygens (including phenoxy) is 2. The van der Waals surface area contributed by atoms with Crippen LogP contribution in [0.4, 0.5) is 0 Å². The van der Waals surface area contributed by atoms with Crippen LogP contribution in [-0.4, -0.2) is 36.1 Å². The predicted octanol–water partition coefficient (Wildman–Crippen LogP) is 3.88. The molecule has 0 saturated carbocycles. The number of rotatable bonds is 10. The molecule has 0 aliphatic heterocycles. The second kappa shape index (κ2) is 11.1. The molecule has 1 N–H and O–H groups in total. The van der Waals surface area contributed by atoms with Gasteiger partial charge in [0.05, 0.1) is 18.9 Å². The first kappa shape index (κ1) is 23.1. The van der Waals surface area contributed by atoms with Crippen LogP contribution in [0.25, 0.3) is 11.5 Å². The molecule has 7 nitrogen and oxygen atoms in total. The average molecular weight is 437 g/mol. The summed E-state index contributed by atoms with van der Waals surface area (Å²) in [5.74, 6) is 1.40. The topological polar surface area (TPSA) is 90.7 Å². The maximum absolute atomic E-state index is 12.1. The normalized spacial score (nSPS) is 11.6. The summed E-state index contributed by atoms with van der Waals surface area (Å²) in [4.78, 5) is 28.0. The van der Waals surface area contributed by atoms with Gasteiger partial charge in [0.1, 0.15) is 17.6 Å². The van der Waals surface area contributed by atoms with E-state index in [0.29, 0.717) is 31.1 Å². The molecule has 3 rings (SSSR count). The van der Waals surface area contributed by atoms with Crippen molar-refractivity contribution >= 4 is 11.9 Å². The fourth-order valence-electron chi connectivity index (χ4n) is 3.26. The lowest BCUT2D eigenvalue weighted by Crippen LogP contribution is -2.42. The molecule has 1 aromatic heterocycles. The number of hydrogen-bond donors (Lipinski definition) is 1. The van der Waals surface area contributed by atoms with Crippen LogP contribution < -0.4 is 10.1 Å². The van der Waals surface area contributed by atoms with Crippen molar-refractivity contribution in [1.82, 2.24) is 10.3 Å². The number of carbonyl (C=O) groups excluding carboxylic acids is 2. The summed E-state index contributed by atoms with van der Waals surface area (Å²) in [6, 6.07) is 16.5. The Morgan fingerprint density at radius 1 is 1.09 bits per heavy atom. The summed E-state index contributed by atoms with van der Waals surface area (Å²) in [6.07, 6.45) is 0.944. The summed E-state index contributed by atoms with van der Waals surface area (Å²) in [6.45, 7) is 5.75. The van der Waals surface area contributed by atoms with Crippen molar-refractivity contribution in [3.05, 3.63) is 71.6 Å². The van der Waals surface area contributed by atoms with E-state index >= 15 is 0 Å². The molecule has 1 amide bonds. The minimum Gasteiger partial charge on any atom is -0.493 e. The molecule has 0 saturated heterocycles. The molecule has 0 fully saturated rings. The SMILES string of the molecule is CCOC(=O)[C@H](Cc1ccc(OCCc2oc(-c3ccccc3)nc2C)cc1)NC(C)=O. The number of nitrogens with one attached hydrogen (secondary N) is 1. The predicted molar refractivity (Wildman–Crippen MR) is 120 cm³/mol. The number of carbonyl (C=O) groups is 2. The summed E-state index contributed by atoms with van der Waals surface area (Å²) in [5.41, 5.74) is 2.69. The Morgan fingerprint density at radius 2 is 1.81 bits per heavy atom. The number of aryl methyl sites for hydroxylation is 1. The molecule has 0 spiro atoms. The van der Waals surface area contributed by atoms with Crippen molar-refractivity contribution in [2.45, 2.75) is 39.7 Å². The van der Waals surface area contributed by atoms with Crippen molar-refractivity contribution in [1.29, 1.82) is 0 Å². The van der Waals surface area contributed by atoms with Crippen LogP contribution in [0.1, 0.15) is 30.9 Å². The number of hydrogen-bond acceptors (Lipinski definition) is 6. The molecule has 1 atom stereocenters. The van der Waals surface area contributed by atoms with Gasteiger partial charge in [-0.25, -0.2) is 9.78 Å². The molecule has 168 valence electrons. The van der Waals surface area contributed by atoms with E-state index < -0.39 is 12.0 Å². The fourth-order valence-corrected chi connectivity index (χ4v) is 3.26. The van der Waals surface area contributed by atoms with Gasteiger partial charge in [0, 0.05) is 25.3 Å². The second-order valence-electron chi connectivity index (χ2n) is 7.35. The minimum atomic E-state index is -0.715. The van der Waals surface area contributed by atoms with Crippen molar-refractivity contribution in [2.75, 3.05) is 13.2 Å². The van der Waals surface area contributed by atoms with Gasteiger partial charge in [0.2, 0.25) is 11.8 Å². The maximum atomic E-state index is 12.1. The van der Waals surface area contributed by atoms with Gasteiger partial charge in [-0.1, -0.05) is 30.3 Å². The summed E-state index contributed by atoms with van der Waals surface area (Å²) >= 11 is 0. The maximum Gasteiger partial charge on any atom is 0.328 e. The monoisotopic (exact) mass is 436 g/mol. The highest BCUT2D eigenvalue weighted by Crippen LogP contribution is 2.22. The fraction of sp³-hybridized carbons (Fsp3) is 0.320. The van der Waals surface area contributed by atoms with E-state index in [1.54, 1.807) is 6.92 Å². The van der Waals surface area contributed by atoms with Crippen LogP contribution >= 0.6 is 0 Å². The Balaban J connectivity index is 1.54. The largest absolute Gasteiger partial charge is 0.493 e. The lowest BCUT2D eigenvalue weighted by Gasteiger charge is -2.16. The third-order valence-electron chi connectivity index (χ3n) is 4.82. The number of oxazole rings is 1. The molecule has 0 unspecified atom stereocenters. The zero-order chi connectivity index (χ0) is 22.9. The standard InChI is InChI=1S/C25H28N2O5/c1-4-30-25(29)22(27-18(3)28)16-19-10-12-21(13-11-19)31-15-14-23-17(2)26-24(32-23)20-8-6-5-7-9-20/h5-13,22H,4,14-16H2,1-3H3,(H,27,28)/t22-/m0/s1. The lowest BCUT2D eigenvalue weighted by molar-refractivity contribution is -0.147. The number of nitrogens with zero attached hydrogens (tertiary/aromatic N) is 1. The molecular weight excluding hydrogens is 408 g/mol. The van der Waals surface area contributed by atoms with E-state index in [0.717, 1.165) is 22.6 Å². The zero-order valence-electron chi connectivity index (χ0n) is 18.6. The molecule has 0 bridgehead atoms. The van der Waals surface area contributed by atoms with Gasteiger partial charge < -0.3 is 19.2 Å². The number of amides is 1. The number of esters is 1. The second-order valence-corrected chi connectivity index (χ2v) is 7.35. The molecule has 1 heterocycles. The zero-order valence-corrected chi connectivity index (χ0v) is 18.6. The average Bonchev–Trinajstić information content (AvgIpc) is 3.15. The summed E-state index contributed by atoms with van der Waals surface area (Å²) < 4.78 is 16.8.